The fourth-order valence-corrected chi connectivity index (χ4v) is 3.71. The Balaban J connectivity index is 1.47. The molecule has 1 atom stereocenters. The maximum absolute atomic E-state index is 12.8. The number of benzene rings is 2. The summed E-state index contributed by atoms with van der Waals surface area (Å²) in [6.07, 6.45) is 2.71. The largest absolute Gasteiger partial charge is 0.490 e. The smallest absolute Gasteiger partial charge is 0.261 e. The molecule has 0 bridgehead atoms. The van der Waals surface area contributed by atoms with E-state index in [4.69, 9.17) is 19.5 Å². The third kappa shape index (κ3) is 3.74. The number of carbonyl (C=O) groups is 1. The Morgan fingerprint density at radius 2 is 1.96 bits per heavy atom. The topological polar surface area (TPSA) is 71.8 Å². The van der Waals surface area contributed by atoms with Gasteiger partial charge in [0.2, 0.25) is 0 Å². The van der Waals surface area contributed by atoms with E-state index in [1.54, 1.807) is 24.3 Å². The van der Waals surface area contributed by atoms with Crippen molar-refractivity contribution in [2.24, 2.45) is 0 Å². The summed E-state index contributed by atoms with van der Waals surface area (Å²) in [6, 6.07) is 14.9. The molecule has 1 fully saturated rings. The zero-order chi connectivity index (χ0) is 19.3. The van der Waals surface area contributed by atoms with Gasteiger partial charge in [0, 0.05) is 13.0 Å². The van der Waals surface area contributed by atoms with Crippen LogP contribution in [-0.2, 0) is 4.79 Å². The third-order valence-electron chi connectivity index (χ3n) is 5.09. The maximum atomic E-state index is 12.8. The summed E-state index contributed by atoms with van der Waals surface area (Å²) in [6.45, 7) is 1.90. The second-order valence-electron chi connectivity index (χ2n) is 6.90. The lowest BCUT2D eigenvalue weighted by molar-refractivity contribution is -0.134. The summed E-state index contributed by atoms with van der Waals surface area (Å²) >= 11 is 0. The van der Waals surface area contributed by atoms with Gasteiger partial charge in [0.05, 0.1) is 24.8 Å². The average Bonchev–Trinajstić information content (AvgIpc) is 3.11. The molecule has 6 nitrogen and oxygen atoms in total. The van der Waals surface area contributed by atoms with Gasteiger partial charge in [0.1, 0.15) is 11.8 Å². The van der Waals surface area contributed by atoms with Crippen LogP contribution in [0, 0.1) is 11.3 Å². The minimum Gasteiger partial charge on any atom is -0.490 e. The second-order valence-corrected chi connectivity index (χ2v) is 6.90. The molecule has 144 valence electrons. The second kappa shape index (κ2) is 8.22. The molecule has 4 rings (SSSR count). The zero-order valence-corrected chi connectivity index (χ0v) is 15.6. The average molecular weight is 378 g/mol. The molecule has 2 aliphatic rings. The Labute approximate surface area is 164 Å². The van der Waals surface area contributed by atoms with E-state index in [9.17, 15) is 4.79 Å². The fourth-order valence-electron chi connectivity index (χ4n) is 3.71. The van der Waals surface area contributed by atoms with Crippen molar-refractivity contribution in [3.05, 3.63) is 53.6 Å². The molecule has 2 aromatic rings. The number of likely N-dealkylation sites (tertiary alicyclic amines) is 1. The Hall–Kier alpha value is -3.20. The number of para-hydroxylation sites is 1. The van der Waals surface area contributed by atoms with Crippen molar-refractivity contribution in [3.8, 4) is 23.3 Å². The number of hydrogen-bond acceptors (Lipinski definition) is 5. The minimum atomic E-state index is -0.0836. The quantitative estimate of drug-likeness (QED) is 0.815. The van der Waals surface area contributed by atoms with Crippen LogP contribution >= 0.6 is 0 Å². The molecular weight excluding hydrogens is 356 g/mol. The molecule has 28 heavy (non-hydrogen) atoms. The van der Waals surface area contributed by atoms with Gasteiger partial charge in [0.15, 0.2) is 18.1 Å². The van der Waals surface area contributed by atoms with E-state index in [-0.39, 0.29) is 18.6 Å². The third-order valence-corrected chi connectivity index (χ3v) is 5.09. The summed E-state index contributed by atoms with van der Waals surface area (Å²) in [5.74, 6) is 1.86. The first-order valence-electron chi connectivity index (χ1n) is 9.57. The van der Waals surface area contributed by atoms with Gasteiger partial charge in [-0.2, -0.15) is 5.26 Å². The molecule has 0 N–H and O–H groups in total. The highest BCUT2D eigenvalue weighted by Gasteiger charge is 2.31. The van der Waals surface area contributed by atoms with E-state index in [1.807, 2.05) is 23.1 Å². The number of rotatable bonds is 4. The molecule has 0 radical (unpaired) electrons. The number of carbonyl (C=O) groups excluding carboxylic acids is 1. The van der Waals surface area contributed by atoms with Crippen molar-refractivity contribution in [2.75, 3.05) is 26.4 Å². The summed E-state index contributed by atoms with van der Waals surface area (Å²) in [5, 5.41) is 9.16. The lowest BCUT2D eigenvalue weighted by Crippen LogP contribution is -2.34. The molecule has 0 spiro atoms. The van der Waals surface area contributed by atoms with Crippen LogP contribution in [0.2, 0.25) is 0 Å². The van der Waals surface area contributed by atoms with Crippen LogP contribution in [-0.4, -0.2) is 37.2 Å². The molecule has 2 aromatic carbocycles. The maximum Gasteiger partial charge on any atom is 0.261 e. The van der Waals surface area contributed by atoms with E-state index in [0.29, 0.717) is 31.1 Å². The van der Waals surface area contributed by atoms with Gasteiger partial charge in [-0.1, -0.05) is 18.2 Å². The summed E-state index contributed by atoms with van der Waals surface area (Å²) in [5.41, 5.74) is 1.48. The van der Waals surface area contributed by atoms with Gasteiger partial charge in [-0.05, 0) is 42.7 Å². The normalized spacial score (nSPS) is 18.2. The Kier molecular flexibility index (Phi) is 5.34. The van der Waals surface area contributed by atoms with Gasteiger partial charge in [-0.15, -0.1) is 0 Å². The van der Waals surface area contributed by atoms with E-state index in [0.717, 1.165) is 36.3 Å². The van der Waals surface area contributed by atoms with Crippen LogP contribution in [0.1, 0.15) is 36.4 Å². The predicted molar refractivity (Wildman–Crippen MR) is 102 cm³/mol. The lowest BCUT2D eigenvalue weighted by atomic mass is 10.0. The Bertz CT molecular complexity index is 906. The van der Waals surface area contributed by atoms with Crippen LogP contribution in [0.15, 0.2) is 42.5 Å². The van der Waals surface area contributed by atoms with Crippen LogP contribution in [0.4, 0.5) is 0 Å². The molecule has 6 heteroatoms. The molecule has 1 amide bonds. The Morgan fingerprint density at radius 1 is 1.14 bits per heavy atom. The van der Waals surface area contributed by atoms with Gasteiger partial charge >= 0.3 is 0 Å². The monoisotopic (exact) mass is 378 g/mol. The summed E-state index contributed by atoms with van der Waals surface area (Å²) in [7, 11) is 0. The van der Waals surface area contributed by atoms with Crippen molar-refractivity contribution < 1.29 is 19.0 Å². The van der Waals surface area contributed by atoms with E-state index >= 15 is 0 Å². The molecule has 2 aliphatic heterocycles. The fraction of sp³-hybridized carbons (Fsp3) is 0.364. The molecule has 0 aromatic heterocycles. The first-order valence-corrected chi connectivity index (χ1v) is 9.57. The van der Waals surface area contributed by atoms with Crippen molar-refractivity contribution in [1.29, 1.82) is 5.26 Å². The van der Waals surface area contributed by atoms with Gasteiger partial charge < -0.3 is 19.1 Å². The van der Waals surface area contributed by atoms with Gasteiger partial charge in [-0.25, -0.2) is 0 Å². The van der Waals surface area contributed by atoms with Crippen molar-refractivity contribution in [2.45, 2.75) is 25.3 Å². The first kappa shape index (κ1) is 18.2. The molecule has 0 saturated carbocycles. The highest BCUT2D eigenvalue weighted by atomic mass is 16.5. The van der Waals surface area contributed by atoms with Gasteiger partial charge in [-0.3, -0.25) is 4.79 Å². The number of nitriles is 1. The van der Waals surface area contributed by atoms with E-state index in [1.165, 1.54) is 0 Å². The summed E-state index contributed by atoms with van der Waals surface area (Å²) in [4.78, 5) is 14.7. The minimum absolute atomic E-state index is 0.000497. The van der Waals surface area contributed by atoms with E-state index in [2.05, 4.69) is 6.07 Å². The zero-order valence-electron chi connectivity index (χ0n) is 15.6. The number of nitrogens with zero attached hydrogens (tertiary/aromatic N) is 2. The Morgan fingerprint density at radius 3 is 2.82 bits per heavy atom. The van der Waals surface area contributed by atoms with Crippen LogP contribution in [0.25, 0.3) is 0 Å². The van der Waals surface area contributed by atoms with E-state index < -0.39 is 0 Å². The lowest BCUT2D eigenvalue weighted by Gasteiger charge is -2.25. The van der Waals surface area contributed by atoms with Crippen LogP contribution in [0.5, 0.6) is 17.2 Å². The first-order chi connectivity index (χ1) is 13.8. The molecule has 0 unspecified atom stereocenters. The number of ether oxygens (including phenoxy) is 3. The molecule has 2 heterocycles. The number of hydrogen-bond donors (Lipinski definition) is 0. The van der Waals surface area contributed by atoms with Gasteiger partial charge in [0.25, 0.3) is 5.91 Å². The van der Waals surface area contributed by atoms with Crippen LogP contribution < -0.4 is 14.2 Å². The number of fused-ring (bicyclic) bond motifs is 1. The van der Waals surface area contributed by atoms with Crippen molar-refractivity contribution in [3.63, 3.8) is 0 Å². The molecular formula is C22H22N2O4. The standard InChI is InChI=1S/C22H22N2O4/c23-14-17-5-1-2-7-19(17)28-15-22(25)24-10-3-6-18(24)16-8-9-20-21(13-16)27-12-4-11-26-20/h1-2,5,7-9,13,18H,3-4,6,10-12,15H2/t18-/m1/s1. The van der Waals surface area contributed by atoms with Crippen molar-refractivity contribution >= 4 is 5.91 Å². The predicted octanol–water partition coefficient (Wildman–Crippen LogP) is 3.46. The summed E-state index contributed by atoms with van der Waals surface area (Å²) < 4.78 is 17.1. The van der Waals surface area contributed by atoms with Crippen molar-refractivity contribution in [1.82, 2.24) is 4.90 Å². The van der Waals surface area contributed by atoms with Crippen LogP contribution in [0.3, 0.4) is 0 Å². The highest BCUT2D eigenvalue weighted by Crippen LogP contribution is 2.38. The molecule has 0 aliphatic carbocycles. The highest BCUT2D eigenvalue weighted by molar-refractivity contribution is 5.78. The molecule has 1 saturated heterocycles. The SMILES string of the molecule is N#Cc1ccccc1OCC(=O)N1CCC[C@@H]1c1ccc2c(c1)OCCCO2. The number of amides is 1.